The van der Waals surface area contributed by atoms with Gasteiger partial charge in [0, 0.05) is 11.8 Å². The first kappa shape index (κ1) is 20.1. The molecule has 1 aromatic heterocycles. The van der Waals surface area contributed by atoms with Crippen molar-refractivity contribution in [3.8, 4) is 17.2 Å². The predicted molar refractivity (Wildman–Crippen MR) is 110 cm³/mol. The summed E-state index contributed by atoms with van der Waals surface area (Å²) in [6, 6.07) is 11.1. The van der Waals surface area contributed by atoms with Crippen molar-refractivity contribution in [2.24, 2.45) is 0 Å². The van der Waals surface area contributed by atoms with E-state index in [-0.39, 0.29) is 5.91 Å². The lowest BCUT2D eigenvalue weighted by molar-refractivity contribution is -0.111. The molecular formula is C21H23N5O3. The minimum atomic E-state index is -0.230. The summed E-state index contributed by atoms with van der Waals surface area (Å²) in [4.78, 5) is 12.3. The Morgan fingerprint density at radius 2 is 1.90 bits per heavy atom. The maximum absolute atomic E-state index is 12.3. The maximum Gasteiger partial charge on any atom is 0.248 e. The Morgan fingerprint density at radius 3 is 2.59 bits per heavy atom. The van der Waals surface area contributed by atoms with E-state index in [9.17, 15) is 4.79 Å². The highest BCUT2D eigenvalue weighted by atomic mass is 16.5. The number of carbonyl (C=O) groups is 1. The van der Waals surface area contributed by atoms with Gasteiger partial charge in [-0.2, -0.15) is 0 Å². The third kappa shape index (κ3) is 5.19. The Kier molecular flexibility index (Phi) is 6.57. The van der Waals surface area contributed by atoms with Crippen LogP contribution in [0.1, 0.15) is 25.0 Å². The van der Waals surface area contributed by atoms with Crippen molar-refractivity contribution in [1.82, 2.24) is 20.2 Å². The quantitative estimate of drug-likeness (QED) is 0.590. The Balaban J connectivity index is 1.68. The zero-order chi connectivity index (χ0) is 20.6. The number of carbonyl (C=O) groups excluding carboxylic acids is 1. The second kappa shape index (κ2) is 9.50. The largest absolute Gasteiger partial charge is 0.490 e. The number of hydrogen-bond donors (Lipinski definition) is 1. The number of aromatic nitrogens is 4. The zero-order valence-corrected chi connectivity index (χ0v) is 16.6. The minimum Gasteiger partial charge on any atom is -0.490 e. The summed E-state index contributed by atoms with van der Waals surface area (Å²) in [5.41, 5.74) is 3.32. The fraction of sp³-hybridized carbons (Fsp3) is 0.238. The molecule has 29 heavy (non-hydrogen) atoms. The number of rotatable bonds is 8. The molecule has 2 aromatic carbocycles. The van der Waals surface area contributed by atoms with Gasteiger partial charge in [-0.05, 0) is 78.7 Å². The SMILES string of the molecule is CCOc1ccc(/C=C/C(=O)Nc2ccc(-n3cnnn3)c(C)c2)cc1OCC. The summed E-state index contributed by atoms with van der Waals surface area (Å²) in [5, 5.41) is 14.0. The lowest BCUT2D eigenvalue weighted by Gasteiger charge is -2.11. The van der Waals surface area contributed by atoms with Crippen LogP contribution in [0, 0.1) is 6.92 Å². The van der Waals surface area contributed by atoms with Gasteiger partial charge in [0.25, 0.3) is 0 Å². The molecule has 0 aliphatic carbocycles. The lowest BCUT2D eigenvalue weighted by atomic mass is 10.1. The van der Waals surface area contributed by atoms with Crippen LogP contribution in [-0.4, -0.2) is 39.3 Å². The normalized spacial score (nSPS) is 10.9. The Hall–Kier alpha value is -3.68. The van der Waals surface area contributed by atoms with E-state index in [1.807, 2.05) is 51.1 Å². The van der Waals surface area contributed by atoms with Gasteiger partial charge >= 0.3 is 0 Å². The average molecular weight is 393 g/mol. The number of nitrogens with one attached hydrogen (secondary N) is 1. The number of aryl methyl sites for hydroxylation is 1. The highest BCUT2D eigenvalue weighted by Crippen LogP contribution is 2.29. The smallest absolute Gasteiger partial charge is 0.248 e. The van der Waals surface area contributed by atoms with Crippen molar-refractivity contribution >= 4 is 17.7 Å². The zero-order valence-electron chi connectivity index (χ0n) is 16.6. The molecule has 0 bridgehead atoms. The van der Waals surface area contributed by atoms with Crippen LogP contribution in [-0.2, 0) is 4.79 Å². The van der Waals surface area contributed by atoms with Crippen LogP contribution < -0.4 is 14.8 Å². The fourth-order valence-electron chi connectivity index (χ4n) is 2.79. The van der Waals surface area contributed by atoms with Gasteiger partial charge in [0.05, 0.1) is 18.9 Å². The van der Waals surface area contributed by atoms with E-state index in [1.54, 1.807) is 16.8 Å². The standard InChI is InChI=1S/C21H23N5O3/c1-4-28-19-10-6-16(13-20(19)29-5-2)7-11-21(27)23-17-8-9-18(15(3)12-17)26-14-22-24-25-26/h6-14H,4-5H2,1-3H3,(H,23,27)/b11-7+. The number of benzene rings is 2. The van der Waals surface area contributed by atoms with Crippen LogP contribution in [0.4, 0.5) is 5.69 Å². The second-order valence-corrected chi connectivity index (χ2v) is 6.15. The van der Waals surface area contributed by atoms with Gasteiger partial charge < -0.3 is 14.8 Å². The van der Waals surface area contributed by atoms with Crippen LogP contribution in [0.3, 0.4) is 0 Å². The van der Waals surface area contributed by atoms with Crippen molar-refractivity contribution in [1.29, 1.82) is 0 Å². The topological polar surface area (TPSA) is 91.2 Å². The van der Waals surface area contributed by atoms with E-state index >= 15 is 0 Å². The van der Waals surface area contributed by atoms with Gasteiger partial charge in [0.1, 0.15) is 6.33 Å². The van der Waals surface area contributed by atoms with Crippen molar-refractivity contribution in [2.75, 3.05) is 18.5 Å². The molecule has 8 heteroatoms. The summed E-state index contributed by atoms with van der Waals surface area (Å²) in [6.07, 6.45) is 4.74. The number of hydrogen-bond acceptors (Lipinski definition) is 6. The summed E-state index contributed by atoms with van der Waals surface area (Å²) in [7, 11) is 0. The van der Waals surface area contributed by atoms with E-state index in [0.717, 1.165) is 16.8 Å². The van der Waals surface area contributed by atoms with E-state index < -0.39 is 0 Å². The number of nitrogens with zero attached hydrogens (tertiary/aromatic N) is 4. The Bertz CT molecular complexity index is 1000. The van der Waals surface area contributed by atoms with E-state index in [4.69, 9.17) is 9.47 Å². The number of amides is 1. The molecule has 8 nitrogen and oxygen atoms in total. The number of tetrazole rings is 1. The predicted octanol–water partition coefficient (Wildman–Crippen LogP) is 3.42. The van der Waals surface area contributed by atoms with Gasteiger partial charge in [0.15, 0.2) is 11.5 Å². The third-order valence-electron chi connectivity index (χ3n) is 4.05. The molecule has 0 saturated carbocycles. The van der Waals surface area contributed by atoms with Gasteiger partial charge in [-0.3, -0.25) is 4.79 Å². The lowest BCUT2D eigenvalue weighted by Crippen LogP contribution is -2.08. The molecule has 0 unspecified atom stereocenters. The fourth-order valence-corrected chi connectivity index (χ4v) is 2.79. The average Bonchev–Trinajstić information content (AvgIpc) is 3.23. The number of anilines is 1. The summed E-state index contributed by atoms with van der Waals surface area (Å²) in [5.74, 6) is 1.12. The Morgan fingerprint density at radius 1 is 1.10 bits per heavy atom. The monoisotopic (exact) mass is 393 g/mol. The van der Waals surface area contributed by atoms with E-state index in [1.165, 1.54) is 12.4 Å². The first-order chi connectivity index (χ1) is 14.1. The first-order valence-electron chi connectivity index (χ1n) is 9.33. The van der Waals surface area contributed by atoms with Crippen molar-refractivity contribution in [3.63, 3.8) is 0 Å². The molecule has 0 aliphatic heterocycles. The number of ether oxygens (including phenoxy) is 2. The van der Waals surface area contributed by atoms with E-state index in [0.29, 0.717) is 30.4 Å². The van der Waals surface area contributed by atoms with Gasteiger partial charge in [-0.1, -0.05) is 6.07 Å². The molecule has 0 spiro atoms. The molecule has 1 N–H and O–H groups in total. The maximum atomic E-state index is 12.3. The van der Waals surface area contributed by atoms with Crippen LogP contribution >= 0.6 is 0 Å². The Labute approximate surface area is 169 Å². The molecule has 1 heterocycles. The van der Waals surface area contributed by atoms with Gasteiger partial charge in [-0.25, -0.2) is 4.68 Å². The second-order valence-electron chi connectivity index (χ2n) is 6.15. The first-order valence-corrected chi connectivity index (χ1v) is 9.33. The van der Waals surface area contributed by atoms with Gasteiger partial charge in [-0.15, -0.1) is 5.10 Å². The summed E-state index contributed by atoms with van der Waals surface area (Å²) < 4.78 is 12.7. The molecule has 0 aliphatic rings. The molecule has 0 atom stereocenters. The molecule has 3 rings (SSSR count). The van der Waals surface area contributed by atoms with Crippen LogP contribution in [0.25, 0.3) is 11.8 Å². The molecule has 3 aromatic rings. The molecule has 0 fully saturated rings. The van der Waals surface area contributed by atoms with Crippen LogP contribution in [0.5, 0.6) is 11.5 Å². The van der Waals surface area contributed by atoms with Crippen molar-refractivity contribution < 1.29 is 14.3 Å². The third-order valence-corrected chi connectivity index (χ3v) is 4.05. The van der Waals surface area contributed by atoms with Crippen molar-refractivity contribution in [2.45, 2.75) is 20.8 Å². The molecular weight excluding hydrogens is 370 g/mol. The molecule has 150 valence electrons. The summed E-state index contributed by atoms with van der Waals surface area (Å²) in [6.45, 7) is 6.86. The van der Waals surface area contributed by atoms with Crippen molar-refractivity contribution in [3.05, 3.63) is 59.9 Å². The molecule has 1 amide bonds. The molecule has 0 radical (unpaired) electrons. The van der Waals surface area contributed by atoms with Crippen LogP contribution in [0.15, 0.2) is 48.8 Å². The minimum absolute atomic E-state index is 0.230. The highest BCUT2D eigenvalue weighted by molar-refractivity contribution is 6.02. The highest BCUT2D eigenvalue weighted by Gasteiger charge is 2.07. The van der Waals surface area contributed by atoms with Crippen LogP contribution in [0.2, 0.25) is 0 Å². The molecule has 0 saturated heterocycles. The van der Waals surface area contributed by atoms with Gasteiger partial charge in [0.2, 0.25) is 5.91 Å². The van der Waals surface area contributed by atoms with E-state index in [2.05, 4.69) is 20.8 Å². The summed E-state index contributed by atoms with van der Waals surface area (Å²) >= 11 is 0.